The number of methoxy groups -OCH3 is 1. The molecule has 6 nitrogen and oxygen atoms in total. The molecule has 0 unspecified atom stereocenters. The van der Waals surface area contributed by atoms with Gasteiger partial charge in [-0.3, -0.25) is 14.6 Å². The van der Waals surface area contributed by atoms with E-state index in [2.05, 4.69) is 0 Å². The van der Waals surface area contributed by atoms with Crippen molar-refractivity contribution in [3.8, 4) is 0 Å². The molecule has 0 saturated carbocycles. The predicted molar refractivity (Wildman–Crippen MR) is 107 cm³/mol. The molecule has 3 heterocycles. The van der Waals surface area contributed by atoms with E-state index in [-0.39, 0.29) is 24.3 Å². The molecule has 0 aliphatic carbocycles. The lowest BCUT2D eigenvalue weighted by Crippen LogP contribution is -2.40. The fourth-order valence-electron chi connectivity index (χ4n) is 4.32. The molecular weight excluding hydrogens is 354 g/mol. The SMILES string of the molecule is COCC(=O)N1CCC(c2nc3ccccc3cc2C(=O)N2CCCC2)CC1. The van der Waals surface area contributed by atoms with E-state index in [1.165, 1.54) is 0 Å². The summed E-state index contributed by atoms with van der Waals surface area (Å²) in [6.45, 7) is 3.14. The van der Waals surface area contributed by atoms with E-state index in [0.717, 1.165) is 60.9 Å². The number of amides is 2. The van der Waals surface area contributed by atoms with Crippen LogP contribution in [-0.4, -0.2) is 66.5 Å². The molecule has 6 heteroatoms. The summed E-state index contributed by atoms with van der Waals surface area (Å²) < 4.78 is 4.97. The van der Waals surface area contributed by atoms with Crippen molar-refractivity contribution in [2.75, 3.05) is 39.9 Å². The van der Waals surface area contributed by atoms with Crippen molar-refractivity contribution in [2.45, 2.75) is 31.6 Å². The Morgan fingerprint density at radius 1 is 1.07 bits per heavy atom. The molecule has 0 N–H and O–H groups in total. The van der Waals surface area contributed by atoms with Crippen LogP contribution in [0.4, 0.5) is 0 Å². The summed E-state index contributed by atoms with van der Waals surface area (Å²) in [5.74, 6) is 0.321. The second-order valence-corrected chi connectivity index (χ2v) is 7.70. The van der Waals surface area contributed by atoms with Crippen LogP contribution in [0.2, 0.25) is 0 Å². The predicted octanol–water partition coefficient (Wildman–Crippen LogP) is 2.82. The van der Waals surface area contributed by atoms with Crippen molar-refractivity contribution >= 4 is 22.7 Å². The molecule has 0 radical (unpaired) electrons. The number of rotatable bonds is 4. The number of fused-ring (bicyclic) bond motifs is 1. The topological polar surface area (TPSA) is 62.7 Å². The van der Waals surface area contributed by atoms with Gasteiger partial charge in [0.05, 0.1) is 16.8 Å². The summed E-state index contributed by atoms with van der Waals surface area (Å²) in [5, 5.41) is 1.00. The number of nitrogens with zero attached hydrogens (tertiary/aromatic N) is 3. The number of likely N-dealkylation sites (tertiary alicyclic amines) is 2. The van der Waals surface area contributed by atoms with Gasteiger partial charge in [-0.1, -0.05) is 18.2 Å². The Balaban J connectivity index is 1.63. The number of ether oxygens (including phenoxy) is 1. The van der Waals surface area contributed by atoms with Crippen LogP contribution in [0.15, 0.2) is 30.3 Å². The smallest absolute Gasteiger partial charge is 0.255 e. The first-order valence-electron chi connectivity index (χ1n) is 10.1. The van der Waals surface area contributed by atoms with Crippen LogP contribution in [0.25, 0.3) is 10.9 Å². The van der Waals surface area contributed by atoms with Gasteiger partial charge >= 0.3 is 0 Å². The van der Waals surface area contributed by atoms with Crippen molar-refractivity contribution in [3.05, 3.63) is 41.6 Å². The van der Waals surface area contributed by atoms with Gasteiger partial charge in [0.25, 0.3) is 5.91 Å². The highest BCUT2D eigenvalue weighted by molar-refractivity contribution is 5.99. The van der Waals surface area contributed by atoms with Gasteiger partial charge in [-0.05, 0) is 37.8 Å². The largest absolute Gasteiger partial charge is 0.375 e. The summed E-state index contributed by atoms with van der Waals surface area (Å²) in [5.41, 5.74) is 2.56. The number of benzene rings is 1. The first-order chi connectivity index (χ1) is 13.7. The first kappa shape index (κ1) is 18.9. The molecule has 0 bridgehead atoms. The van der Waals surface area contributed by atoms with Crippen LogP contribution >= 0.6 is 0 Å². The zero-order valence-corrected chi connectivity index (χ0v) is 16.4. The van der Waals surface area contributed by atoms with Crippen LogP contribution in [0.1, 0.15) is 47.7 Å². The van der Waals surface area contributed by atoms with Crippen LogP contribution in [-0.2, 0) is 9.53 Å². The maximum absolute atomic E-state index is 13.2. The van der Waals surface area contributed by atoms with Crippen LogP contribution < -0.4 is 0 Å². The average Bonchev–Trinajstić information content (AvgIpc) is 3.27. The van der Waals surface area contributed by atoms with Crippen LogP contribution in [0, 0.1) is 0 Å². The third-order valence-corrected chi connectivity index (χ3v) is 5.88. The van der Waals surface area contributed by atoms with Gasteiger partial charge in [-0.25, -0.2) is 0 Å². The molecule has 0 atom stereocenters. The Labute approximate surface area is 165 Å². The molecule has 1 aromatic heterocycles. The zero-order chi connectivity index (χ0) is 19.5. The number of hydrogen-bond acceptors (Lipinski definition) is 4. The Hall–Kier alpha value is -2.47. The standard InChI is InChI=1S/C22H27N3O3/c1-28-15-20(26)24-12-8-16(9-13-24)21-18(22(27)25-10-4-5-11-25)14-17-6-2-3-7-19(17)23-21/h2-3,6-7,14,16H,4-5,8-13,15H2,1H3. The molecule has 2 amide bonds. The Morgan fingerprint density at radius 3 is 2.50 bits per heavy atom. The Kier molecular flexibility index (Phi) is 5.57. The molecule has 2 fully saturated rings. The normalized spacial score (nSPS) is 18.0. The molecule has 148 valence electrons. The zero-order valence-electron chi connectivity index (χ0n) is 16.4. The fraction of sp³-hybridized carbons (Fsp3) is 0.500. The number of carbonyl (C=O) groups excluding carboxylic acids is 2. The van der Waals surface area contributed by atoms with E-state index >= 15 is 0 Å². The van der Waals surface area contributed by atoms with Crippen molar-refractivity contribution < 1.29 is 14.3 Å². The molecule has 2 aliphatic rings. The highest BCUT2D eigenvalue weighted by Crippen LogP contribution is 2.32. The summed E-state index contributed by atoms with van der Waals surface area (Å²) in [6.07, 6.45) is 3.78. The van der Waals surface area contributed by atoms with Crippen LogP contribution in [0.5, 0.6) is 0 Å². The molecule has 4 rings (SSSR count). The summed E-state index contributed by atoms with van der Waals surface area (Å²) in [7, 11) is 1.54. The molecule has 28 heavy (non-hydrogen) atoms. The summed E-state index contributed by atoms with van der Waals surface area (Å²) in [6, 6.07) is 9.99. The third kappa shape index (κ3) is 3.74. The van der Waals surface area contributed by atoms with E-state index in [9.17, 15) is 9.59 Å². The van der Waals surface area contributed by atoms with Gasteiger partial charge in [0, 0.05) is 44.6 Å². The van der Waals surface area contributed by atoms with Gasteiger partial charge in [-0.15, -0.1) is 0 Å². The average molecular weight is 381 g/mol. The molecule has 0 spiro atoms. The number of piperidine rings is 1. The number of carbonyl (C=O) groups is 2. The second-order valence-electron chi connectivity index (χ2n) is 7.70. The van der Waals surface area contributed by atoms with Gasteiger partial charge < -0.3 is 14.5 Å². The van der Waals surface area contributed by atoms with Gasteiger partial charge in [0.15, 0.2) is 0 Å². The lowest BCUT2D eigenvalue weighted by Gasteiger charge is -2.32. The molecule has 2 aliphatic heterocycles. The third-order valence-electron chi connectivity index (χ3n) is 5.88. The van der Waals surface area contributed by atoms with Crippen molar-refractivity contribution in [3.63, 3.8) is 0 Å². The maximum Gasteiger partial charge on any atom is 0.255 e. The van der Waals surface area contributed by atoms with Crippen molar-refractivity contribution in [1.29, 1.82) is 0 Å². The van der Waals surface area contributed by atoms with Crippen molar-refractivity contribution in [2.24, 2.45) is 0 Å². The lowest BCUT2D eigenvalue weighted by molar-refractivity contribution is -0.136. The minimum Gasteiger partial charge on any atom is -0.375 e. The van der Waals surface area contributed by atoms with Gasteiger partial charge in [0.2, 0.25) is 5.91 Å². The lowest BCUT2D eigenvalue weighted by atomic mass is 9.89. The van der Waals surface area contributed by atoms with Crippen LogP contribution in [0.3, 0.4) is 0 Å². The minimum atomic E-state index is 0.0285. The van der Waals surface area contributed by atoms with E-state index in [1.54, 1.807) is 7.11 Å². The Morgan fingerprint density at radius 2 is 1.79 bits per heavy atom. The maximum atomic E-state index is 13.2. The van der Waals surface area contributed by atoms with Crippen molar-refractivity contribution in [1.82, 2.24) is 14.8 Å². The second kappa shape index (κ2) is 8.27. The van der Waals surface area contributed by atoms with E-state index < -0.39 is 0 Å². The Bertz CT molecular complexity index is 868. The fourth-order valence-corrected chi connectivity index (χ4v) is 4.32. The number of aromatic nitrogens is 1. The number of hydrogen-bond donors (Lipinski definition) is 0. The molecule has 1 aromatic carbocycles. The van der Waals surface area contributed by atoms with E-state index in [4.69, 9.17) is 9.72 Å². The van der Waals surface area contributed by atoms with E-state index in [1.807, 2.05) is 40.1 Å². The number of pyridine rings is 1. The van der Waals surface area contributed by atoms with Gasteiger partial charge in [-0.2, -0.15) is 0 Å². The molecule has 2 saturated heterocycles. The quantitative estimate of drug-likeness (QED) is 0.817. The summed E-state index contributed by atoms with van der Waals surface area (Å²) in [4.78, 5) is 34.0. The van der Waals surface area contributed by atoms with E-state index in [0.29, 0.717) is 13.1 Å². The highest BCUT2D eigenvalue weighted by Gasteiger charge is 2.30. The molecule has 2 aromatic rings. The minimum absolute atomic E-state index is 0.0285. The number of para-hydroxylation sites is 1. The highest BCUT2D eigenvalue weighted by atomic mass is 16.5. The van der Waals surface area contributed by atoms with Gasteiger partial charge in [0.1, 0.15) is 6.61 Å². The monoisotopic (exact) mass is 381 g/mol. The molecular formula is C22H27N3O3. The summed E-state index contributed by atoms with van der Waals surface area (Å²) >= 11 is 0. The first-order valence-corrected chi connectivity index (χ1v) is 10.1.